The van der Waals surface area contributed by atoms with Crippen LogP contribution in [0.25, 0.3) is 16.9 Å². The number of carbonyl (C=O) groups is 2. The first-order chi connectivity index (χ1) is 15.1. The molecule has 0 atom stereocenters. The van der Waals surface area contributed by atoms with Gasteiger partial charge in [0, 0.05) is 24.0 Å². The van der Waals surface area contributed by atoms with Gasteiger partial charge in [0.2, 0.25) is 0 Å². The molecule has 9 nitrogen and oxygen atoms in total. The summed E-state index contributed by atoms with van der Waals surface area (Å²) in [5.41, 5.74) is 7.82. The molecule has 0 spiro atoms. The second-order valence-corrected chi connectivity index (χ2v) is 6.44. The molecule has 0 aliphatic heterocycles. The summed E-state index contributed by atoms with van der Waals surface area (Å²) in [4.78, 5) is 32.2. The van der Waals surface area contributed by atoms with Crippen molar-refractivity contribution in [1.82, 2.24) is 19.7 Å². The van der Waals surface area contributed by atoms with E-state index in [1.54, 1.807) is 10.7 Å². The van der Waals surface area contributed by atoms with E-state index in [2.05, 4.69) is 20.4 Å². The van der Waals surface area contributed by atoms with E-state index in [1.807, 2.05) is 60.7 Å². The average molecular weight is 414 g/mol. The van der Waals surface area contributed by atoms with Crippen LogP contribution in [0.5, 0.6) is 0 Å². The molecule has 0 aliphatic rings. The van der Waals surface area contributed by atoms with Gasteiger partial charge in [-0.25, -0.2) is 19.4 Å². The molecule has 4 rings (SSSR count). The molecule has 31 heavy (non-hydrogen) atoms. The van der Waals surface area contributed by atoms with Crippen molar-refractivity contribution in [2.24, 2.45) is 0 Å². The maximum Gasteiger partial charge on any atom is 0.361 e. The monoisotopic (exact) mass is 414 g/mol. The zero-order valence-electron chi connectivity index (χ0n) is 16.3. The molecule has 0 fully saturated rings. The number of carbonyl (C=O) groups excluding carboxylic acids is 2. The van der Waals surface area contributed by atoms with Crippen molar-refractivity contribution in [3.05, 3.63) is 84.8 Å². The first kappa shape index (κ1) is 19.8. The lowest BCUT2D eigenvalue weighted by atomic mass is 10.2. The summed E-state index contributed by atoms with van der Waals surface area (Å²) in [6.45, 7) is -0.518. The second-order valence-electron chi connectivity index (χ2n) is 6.44. The number of para-hydroxylation sites is 1. The van der Waals surface area contributed by atoms with Crippen LogP contribution in [0.15, 0.2) is 79.1 Å². The van der Waals surface area contributed by atoms with Crippen molar-refractivity contribution in [2.75, 3.05) is 17.7 Å². The van der Waals surface area contributed by atoms with Crippen LogP contribution in [0.1, 0.15) is 10.5 Å². The highest BCUT2D eigenvalue weighted by Crippen LogP contribution is 2.24. The standard InChI is InChI=1S/C22H18N6O3/c23-21-20(24-11-12-25-21)22(30)31-14-19(29)26-18-13-17(15-7-3-1-4-8-15)27-28(18)16-9-5-2-6-10-16/h1-13H,14H2,(H2,23,25)(H,26,29). The lowest BCUT2D eigenvalue weighted by Gasteiger charge is -2.09. The van der Waals surface area contributed by atoms with Gasteiger partial charge < -0.3 is 15.8 Å². The van der Waals surface area contributed by atoms with Gasteiger partial charge in [0.1, 0.15) is 5.82 Å². The fourth-order valence-corrected chi connectivity index (χ4v) is 2.87. The van der Waals surface area contributed by atoms with E-state index in [0.29, 0.717) is 11.5 Å². The number of rotatable bonds is 6. The SMILES string of the molecule is Nc1nccnc1C(=O)OCC(=O)Nc1cc(-c2ccccc2)nn1-c1ccccc1. The molecule has 0 saturated heterocycles. The molecule has 1 amide bonds. The number of nitrogens with two attached hydrogens (primary N) is 1. The van der Waals surface area contributed by atoms with Crippen LogP contribution in [0.2, 0.25) is 0 Å². The van der Waals surface area contributed by atoms with Crippen LogP contribution in [0, 0.1) is 0 Å². The van der Waals surface area contributed by atoms with E-state index >= 15 is 0 Å². The molecule has 0 radical (unpaired) electrons. The van der Waals surface area contributed by atoms with Crippen molar-refractivity contribution >= 4 is 23.5 Å². The maximum atomic E-state index is 12.5. The first-order valence-corrected chi connectivity index (χ1v) is 9.36. The molecule has 0 bridgehead atoms. The van der Waals surface area contributed by atoms with Gasteiger partial charge >= 0.3 is 5.97 Å². The van der Waals surface area contributed by atoms with Crippen LogP contribution >= 0.6 is 0 Å². The molecule has 0 aliphatic carbocycles. The van der Waals surface area contributed by atoms with Crippen molar-refractivity contribution in [3.63, 3.8) is 0 Å². The summed E-state index contributed by atoms with van der Waals surface area (Å²) in [5.74, 6) is -0.998. The van der Waals surface area contributed by atoms with E-state index in [4.69, 9.17) is 10.5 Å². The summed E-state index contributed by atoms with van der Waals surface area (Å²) in [6.07, 6.45) is 2.67. The Morgan fingerprint density at radius 2 is 1.65 bits per heavy atom. The summed E-state index contributed by atoms with van der Waals surface area (Å²) in [5, 5.41) is 7.36. The number of benzene rings is 2. The van der Waals surface area contributed by atoms with Gasteiger partial charge in [-0.05, 0) is 12.1 Å². The molecule has 2 aromatic carbocycles. The van der Waals surface area contributed by atoms with E-state index in [0.717, 1.165) is 11.3 Å². The minimum atomic E-state index is -0.831. The minimum Gasteiger partial charge on any atom is -0.451 e. The number of aromatic nitrogens is 4. The fraction of sp³-hybridized carbons (Fsp3) is 0.0455. The first-order valence-electron chi connectivity index (χ1n) is 9.36. The topological polar surface area (TPSA) is 125 Å². The number of hydrogen-bond acceptors (Lipinski definition) is 7. The van der Waals surface area contributed by atoms with Crippen molar-refractivity contribution in [2.45, 2.75) is 0 Å². The van der Waals surface area contributed by atoms with Gasteiger partial charge in [0.05, 0.1) is 11.4 Å². The van der Waals surface area contributed by atoms with Crippen LogP contribution in [-0.2, 0) is 9.53 Å². The molecular weight excluding hydrogens is 396 g/mol. The third-order valence-electron chi connectivity index (χ3n) is 4.30. The van der Waals surface area contributed by atoms with Gasteiger partial charge in [0.25, 0.3) is 5.91 Å². The Kier molecular flexibility index (Phi) is 5.66. The van der Waals surface area contributed by atoms with E-state index in [-0.39, 0.29) is 11.5 Å². The van der Waals surface area contributed by atoms with Crippen molar-refractivity contribution < 1.29 is 14.3 Å². The smallest absolute Gasteiger partial charge is 0.361 e. The van der Waals surface area contributed by atoms with Crippen LogP contribution < -0.4 is 11.1 Å². The molecule has 0 saturated carbocycles. The number of ether oxygens (including phenoxy) is 1. The Labute approximate surface area is 177 Å². The highest BCUT2D eigenvalue weighted by atomic mass is 16.5. The number of amides is 1. The number of anilines is 2. The van der Waals surface area contributed by atoms with Crippen molar-refractivity contribution in [3.8, 4) is 16.9 Å². The molecule has 9 heteroatoms. The quantitative estimate of drug-likeness (QED) is 0.465. The van der Waals surface area contributed by atoms with Crippen LogP contribution in [0.4, 0.5) is 11.6 Å². The maximum absolute atomic E-state index is 12.5. The number of nitrogens with one attached hydrogen (secondary N) is 1. The molecule has 154 valence electrons. The molecule has 2 heterocycles. The minimum absolute atomic E-state index is 0.0671. The number of nitrogens with zero attached hydrogens (tertiary/aromatic N) is 4. The molecule has 0 unspecified atom stereocenters. The third kappa shape index (κ3) is 4.56. The molecular formula is C22H18N6O3. The largest absolute Gasteiger partial charge is 0.451 e. The highest BCUT2D eigenvalue weighted by molar-refractivity contribution is 5.96. The van der Waals surface area contributed by atoms with Crippen LogP contribution in [-0.4, -0.2) is 38.2 Å². The van der Waals surface area contributed by atoms with Gasteiger partial charge in [-0.2, -0.15) is 5.10 Å². The normalized spacial score (nSPS) is 10.5. The van der Waals surface area contributed by atoms with Gasteiger partial charge in [0.15, 0.2) is 18.1 Å². The highest BCUT2D eigenvalue weighted by Gasteiger charge is 2.17. The Bertz CT molecular complexity index is 1210. The zero-order chi connectivity index (χ0) is 21.6. The van der Waals surface area contributed by atoms with Crippen molar-refractivity contribution in [1.29, 1.82) is 0 Å². The van der Waals surface area contributed by atoms with E-state index in [1.165, 1.54) is 12.4 Å². The Morgan fingerprint density at radius 1 is 0.968 bits per heavy atom. The molecule has 2 aromatic heterocycles. The second kappa shape index (κ2) is 8.87. The van der Waals surface area contributed by atoms with Crippen LogP contribution in [0.3, 0.4) is 0 Å². The summed E-state index contributed by atoms with van der Waals surface area (Å²) in [7, 11) is 0. The number of esters is 1. The number of nitrogen functional groups attached to an aromatic ring is 1. The Morgan fingerprint density at radius 3 is 2.35 bits per heavy atom. The molecule has 3 N–H and O–H groups in total. The summed E-state index contributed by atoms with van der Waals surface area (Å²) < 4.78 is 6.63. The summed E-state index contributed by atoms with van der Waals surface area (Å²) >= 11 is 0. The summed E-state index contributed by atoms with van der Waals surface area (Å²) in [6, 6.07) is 20.7. The third-order valence-corrected chi connectivity index (χ3v) is 4.30. The zero-order valence-corrected chi connectivity index (χ0v) is 16.3. The molecule has 4 aromatic rings. The predicted octanol–water partition coefficient (Wildman–Crippen LogP) is 2.71. The number of hydrogen-bond donors (Lipinski definition) is 2. The van der Waals surface area contributed by atoms with Gasteiger partial charge in [-0.15, -0.1) is 0 Å². The lowest BCUT2D eigenvalue weighted by molar-refractivity contribution is -0.119. The fourth-order valence-electron chi connectivity index (χ4n) is 2.87. The van der Waals surface area contributed by atoms with E-state index in [9.17, 15) is 9.59 Å². The van der Waals surface area contributed by atoms with Gasteiger partial charge in [-0.1, -0.05) is 48.5 Å². The van der Waals surface area contributed by atoms with E-state index < -0.39 is 18.5 Å². The average Bonchev–Trinajstić information content (AvgIpc) is 3.22. The Hall–Kier alpha value is -4.53. The van der Waals surface area contributed by atoms with Gasteiger partial charge in [-0.3, -0.25) is 4.79 Å². The Balaban J connectivity index is 1.53. The lowest BCUT2D eigenvalue weighted by Crippen LogP contribution is -2.23. The predicted molar refractivity (Wildman–Crippen MR) is 114 cm³/mol.